The van der Waals surface area contributed by atoms with Crippen molar-refractivity contribution in [3.05, 3.63) is 42.5 Å². The van der Waals surface area contributed by atoms with Crippen LogP contribution >= 0.6 is 15.2 Å². The molecule has 0 radical (unpaired) electrons. The number of carbonyl (C=O) groups is 1. The minimum absolute atomic E-state index is 0.0811. The van der Waals surface area contributed by atoms with Crippen LogP contribution in [0.15, 0.2) is 42.5 Å². The van der Waals surface area contributed by atoms with Gasteiger partial charge in [-0.3, -0.25) is 9.36 Å². The lowest BCUT2D eigenvalue weighted by atomic mass is 10.2. The fraction of sp³-hybridized carbons (Fsp3) is 0.381. The molecule has 0 aliphatic carbocycles. The van der Waals surface area contributed by atoms with E-state index in [0.717, 1.165) is 16.6 Å². The number of nitrogens with zero attached hydrogens (tertiary/aromatic N) is 2. The molecule has 3 aromatic rings. The molecule has 0 saturated carbocycles. The van der Waals surface area contributed by atoms with Crippen LogP contribution in [0.25, 0.3) is 22.1 Å². The number of hydrogen-bond acceptors (Lipinski definition) is 7. The number of aryl methyl sites for hydroxylation is 1. The number of nitrogens with one attached hydrogen (secondary N) is 1. The maximum Gasteiger partial charge on any atom is 0.365 e. The summed E-state index contributed by atoms with van der Waals surface area (Å²) >= 11 is 0. The first-order valence-electron chi connectivity index (χ1n) is 10.7. The number of amides is 1. The molecule has 1 heterocycles. The third kappa shape index (κ3) is 6.05. The van der Waals surface area contributed by atoms with Crippen LogP contribution in [0, 0.1) is 0 Å². The van der Waals surface area contributed by atoms with Gasteiger partial charge in [0.1, 0.15) is 12.6 Å². The van der Waals surface area contributed by atoms with E-state index in [0.29, 0.717) is 17.7 Å². The van der Waals surface area contributed by atoms with Crippen molar-refractivity contribution in [1.29, 1.82) is 0 Å². The molecule has 0 aliphatic heterocycles. The zero-order chi connectivity index (χ0) is 25.9. The second kappa shape index (κ2) is 10.7. The third-order valence-electron chi connectivity index (χ3n) is 5.55. The van der Waals surface area contributed by atoms with Gasteiger partial charge in [0, 0.05) is 25.1 Å². The highest BCUT2D eigenvalue weighted by Crippen LogP contribution is 2.67. The van der Waals surface area contributed by atoms with Gasteiger partial charge in [0.05, 0.1) is 6.61 Å². The van der Waals surface area contributed by atoms with Gasteiger partial charge in [-0.15, -0.1) is 0 Å². The third-order valence-corrected chi connectivity index (χ3v) is 9.38. The number of para-hydroxylation sites is 3. The average molecular weight is 527 g/mol. The van der Waals surface area contributed by atoms with Crippen molar-refractivity contribution in [1.82, 2.24) is 10.3 Å². The Morgan fingerprint density at radius 2 is 1.80 bits per heavy atom. The fourth-order valence-corrected chi connectivity index (χ4v) is 5.82. The summed E-state index contributed by atoms with van der Waals surface area (Å²) in [5.74, 6) is 0.183. The van der Waals surface area contributed by atoms with Gasteiger partial charge in [-0.2, -0.15) is 4.57 Å². The molecule has 1 amide bonds. The fourth-order valence-electron chi connectivity index (χ4n) is 3.61. The predicted molar refractivity (Wildman–Crippen MR) is 124 cm³/mol. The van der Waals surface area contributed by atoms with Gasteiger partial charge in [0.25, 0.3) is 0 Å². The first-order chi connectivity index (χ1) is 16.3. The van der Waals surface area contributed by atoms with Crippen LogP contribution in [-0.2, 0) is 21.0 Å². The lowest BCUT2D eigenvalue weighted by Crippen LogP contribution is -2.35. The van der Waals surface area contributed by atoms with Crippen LogP contribution < -0.4 is 19.5 Å². The number of benzene rings is 2. The van der Waals surface area contributed by atoms with Gasteiger partial charge in [-0.05, 0) is 31.4 Å². The largest absolute Gasteiger partial charge is 0.776 e. The minimum atomic E-state index is -5.75. The number of aromatic nitrogens is 2. The van der Waals surface area contributed by atoms with Crippen LogP contribution in [-0.4, -0.2) is 48.9 Å². The van der Waals surface area contributed by atoms with Crippen molar-refractivity contribution in [2.45, 2.75) is 30.8 Å². The molecule has 14 heteroatoms. The van der Waals surface area contributed by atoms with Crippen molar-refractivity contribution in [3.8, 4) is 5.75 Å². The Balaban J connectivity index is 1.50. The van der Waals surface area contributed by atoms with E-state index in [1.165, 1.54) is 0 Å². The molecule has 0 saturated heterocycles. The first kappa shape index (κ1) is 27.2. The molecule has 0 bridgehead atoms. The van der Waals surface area contributed by atoms with E-state index < -0.39 is 32.6 Å². The smallest absolute Gasteiger partial charge is 0.365 e. The highest BCUT2D eigenvalue weighted by atomic mass is 31.2. The van der Waals surface area contributed by atoms with E-state index in [4.69, 9.17) is 24.4 Å². The summed E-state index contributed by atoms with van der Waals surface area (Å²) in [5, 5.41) is 8.63. The molecule has 2 unspecified atom stereocenters. The Morgan fingerprint density at radius 1 is 1.11 bits per heavy atom. The van der Waals surface area contributed by atoms with Crippen LogP contribution in [0.3, 0.4) is 0 Å². The van der Waals surface area contributed by atoms with Crippen LogP contribution in [0.5, 0.6) is 5.75 Å². The number of fused-ring (bicyclic) bond motifs is 2. The molecule has 5 N–H and O–H groups in total. The van der Waals surface area contributed by atoms with E-state index in [9.17, 15) is 23.9 Å². The average Bonchev–Trinajstić information content (AvgIpc) is 2.78. The monoisotopic (exact) mass is 527 g/mol. The first-order valence-corrected chi connectivity index (χ1v) is 13.9. The van der Waals surface area contributed by atoms with Gasteiger partial charge in [-0.1, -0.05) is 18.2 Å². The molecule has 0 aliphatic rings. The van der Waals surface area contributed by atoms with Crippen molar-refractivity contribution >= 4 is 43.2 Å². The predicted octanol–water partition coefficient (Wildman–Crippen LogP) is 0.637. The molecule has 2 atom stereocenters. The topological polar surface area (TPSA) is 193 Å². The molecular formula is C21H27N3O9P2. The van der Waals surface area contributed by atoms with Crippen molar-refractivity contribution in [2.75, 3.05) is 13.2 Å². The summed E-state index contributed by atoms with van der Waals surface area (Å²) in [5.41, 5.74) is 3.37. The Labute approximate surface area is 200 Å². The van der Waals surface area contributed by atoms with Crippen LogP contribution in [0.2, 0.25) is 0 Å². The van der Waals surface area contributed by atoms with Gasteiger partial charge in [0.15, 0.2) is 18.9 Å². The number of hydrogen-bond donors (Lipinski definition) is 5. The van der Waals surface area contributed by atoms with Gasteiger partial charge < -0.3 is 39.3 Å². The number of ether oxygens (including phenoxy) is 1. The molecular weight excluding hydrogens is 500 g/mol. The lowest BCUT2D eigenvalue weighted by Gasteiger charge is -2.36. The summed E-state index contributed by atoms with van der Waals surface area (Å²) < 4.78 is 30.4. The summed E-state index contributed by atoms with van der Waals surface area (Å²) in [7, 11) is -9.38. The highest BCUT2D eigenvalue weighted by Gasteiger charge is 2.52. The Bertz CT molecular complexity index is 1300. The Hall–Kier alpha value is -2.43. The molecule has 190 valence electrons. The molecule has 0 spiro atoms. The second-order valence-corrected chi connectivity index (χ2v) is 12.0. The van der Waals surface area contributed by atoms with E-state index in [1.54, 1.807) is 6.07 Å². The number of rotatable bonds is 11. The zero-order valence-electron chi connectivity index (χ0n) is 18.9. The Kier molecular flexibility index (Phi) is 8.28. The van der Waals surface area contributed by atoms with Crippen molar-refractivity contribution in [3.63, 3.8) is 0 Å². The molecule has 2 aromatic carbocycles. The molecule has 0 fully saturated rings. The summed E-state index contributed by atoms with van der Waals surface area (Å²) in [4.78, 5) is 55.1. The van der Waals surface area contributed by atoms with E-state index in [1.807, 2.05) is 48.0 Å². The summed E-state index contributed by atoms with van der Waals surface area (Å²) in [6.07, 6.45) is -0.792. The Morgan fingerprint density at radius 3 is 2.49 bits per heavy atom. The standard InChI is InChI=1S/C21H27N3O9P2/c1-24-16-8-3-2-7-15(16)23-20-17(24)9-4-10-18(20)33-14-5-11-19(25)22-13-6-12-21(26,34(27,28)29)35(30,31)32/h2-4,7-10,26H,5-6,11-14H2,1H3,(H4-,22,25,27,28,29,30,31,32). The molecule has 35 heavy (non-hydrogen) atoms. The minimum Gasteiger partial charge on any atom is -0.776 e. The maximum absolute atomic E-state index is 12.0. The SMILES string of the molecule is C[n+]1c2ccccc2nc2c(OCCCC(=O)NCCCC(O)(P(=O)([O-])O)P(=O)(O)O)cccc21. The quantitative estimate of drug-likeness (QED) is 0.102. The normalized spacial score (nSPS) is 15.5. The number of carbonyl (C=O) groups excluding carboxylic acids is 1. The summed E-state index contributed by atoms with van der Waals surface area (Å²) in [6, 6.07) is 13.3. The van der Waals surface area contributed by atoms with E-state index in [-0.39, 0.29) is 26.0 Å². The number of aliphatic hydroxyl groups is 1. The van der Waals surface area contributed by atoms with Crippen LogP contribution in [0.1, 0.15) is 25.7 Å². The van der Waals surface area contributed by atoms with Gasteiger partial charge in [0.2, 0.25) is 22.0 Å². The zero-order valence-corrected chi connectivity index (χ0v) is 20.7. The van der Waals surface area contributed by atoms with Crippen molar-refractivity contribution < 1.29 is 47.9 Å². The summed E-state index contributed by atoms with van der Waals surface area (Å²) in [6.45, 7) is 0.0748. The molecule has 1 aromatic heterocycles. The second-order valence-electron chi connectivity index (χ2n) is 8.03. The maximum atomic E-state index is 12.0. The van der Waals surface area contributed by atoms with Gasteiger partial charge in [-0.25, -0.2) is 4.98 Å². The molecule has 12 nitrogen and oxygen atoms in total. The van der Waals surface area contributed by atoms with E-state index >= 15 is 0 Å². The van der Waals surface area contributed by atoms with E-state index in [2.05, 4.69) is 5.32 Å². The highest BCUT2D eigenvalue weighted by molar-refractivity contribution is 7.71. The molecule has 3 rings (SSSR count). The lowest BCUT2D eigenvalue weighted by molar-refractivity contribution is -0.618. The van der Waals surface area contributed by atoms with Gasteiger partial charge >= 0.3 is 7.60 Å². The van der Waals surface area contributed by atoms with Crippen LogP contribution in [0.4, 0.5) is 0 Å². The van der Waals surface area contributed by atoms with Crippen molar-refractivity contribution in [2.24, 2.45) is 7.05 Å².